The van der Waals surface area contributed by atoms with E-state index in [9.17, 15) is 14.9 Å². The smallest absolute Gasteiger partial charge is 0.250 e. The Morgan fingerprint density at radius 2 is 1.69 bits per heavy atom. The van der Waals surface area contributed by atoms with Crippen LogP contribution in [0.5, 0.6) is 0 Å². The zero-order valence-electron chi connectivity index (χ0n) is 16.8. The Balaban J connectivity index is 1.42. The lowest BCUT2D eigenvalue weighted by Crippen LogP contribution is -2.52. The van der Waals surface area contributed by atoms with Crippen molar-refractivity contribution in [3.63, 3.8) is 0 Å². The van der Waals surface area contributed by atoms with Crippen molar-refractivity contribution in [1.82, 2.24) is 4.90 Å². The van der Waals surface area contributed by atoms with Crippen LogP contribution in [0.15, 0.2) is 33.9 Å². The molecule has 5 heteroatoms. The van der Waals surface area contributed by atoms with Gasteiger partial charge in [-0.3, -0.25) is 14.5 Å². The third kappa shape index (κ3) is 4.18. The number of hydrogen-bond donors (Lipinski definition) is 0. The summed E-state index contributed by atoms with van der Waals surface area (Å²) in [7, 11) is 0. The first-order valence-electron chi connectivity index (χ1n) is 10.6. The van der Waals surface area contributed by atoms with E-state index in [0.29, 0.717) is 16.8 Å². The minimum Gasteiger partial charge on any atom is -0.365 e. The van der Waals surface area contributed by atoms with Crippen LogP contribution in [-0.4, -0.2) is 37.6 Å². The largest absolute Gasteiger partial charge is 0.365 e. The first-order valence-corrected chi connectivity index (χ1v) is 10.6. The van der Waals surface area contributed by atoms with Crippen LogP contribution < -0.4 is 15.8 Å². The Morgan fingerprint density at radius 1 is 0.966 bits per heavy atom. The van der Waals surface area contributed by atoms with Crippen molar-refractivity contribution in [2.45, 2.75) is 32.1 Å². The van der Waals surface area contributed by atoms with E-state index >= 15 is 0 Å². The maximum Gasteiger partial charge on any atom is 0.250 e. The molecule has 0 amide bonds. The van der Waals surface area contributed by atoms with Gasteiger partial charge in [0.05, 0.1) is 17.2 Å². The number of nitrogens with zero attached hydrogens (tertiary/aromatic N) is 3. The molecular formula is C24H27N3O2. The Morgan fingerprint density at radius 3 is 2.41 bits per heavy atom. The van der Waals surface area contributed by atoms with E-state index in [-0.39, 0.29) is 5.43 Å². The van der Waals surface area contributed by atoms with Crippen molar-refractivity contribution in [1.29, 1.82) is 5.26 Å². The number of rotatable bonds is 5. The fourth-order valence-corrected chi connectivity index (χ4v) is 4.67. The third-order valence-corrected chi connectivity index (χ3v) is 6.36. The summed E-state index contributed by atoms with van der Waals surface area (Å²) in [6, 6.07) is 9.40. The zero-order valence-corrected chi connectivity index (χ0v) is 16.8. The third-order valence-electron chi connectivity index (χ3n) is 6.36. The van der Waals surface area contributed by atoms with E-state index in [1.54, 1.807) is 18.2 Å². The number of anilines is 1. The van der Waals surface area contributed by atoms with E-state index in [4.69, 9.17) is 0 Å². The minimum absolute atomic E-state index is 0.376. The Labute approximate surface area is 171 Å². The molecule has 5 nitrogen and oxygen atoms in total. The molecule has 0 aromatic heterocycles. The molecule has 0 bridgehead atoms. The predicted octanol–water partition coefficient (Wildman–Crippen LogP) is 3.03. The summed E-state index contributed by atoms with van der Waals surface area (Å²) < 4.78 is 0. The van der Waals surface area contributed by atoms with E-state index < -0.39 is 5.43 Å². The van der Waals surface area contributed by atoms with Crippen LogP contribution in [0.25, 0.3) is 12.2 Å². The van der Waals surface area contributed by atoms with Gasteiger partial charge in [0, 0.05) is 32.7 Å². The molecular weight excluding hydrogens is 362 g/mol. The molecule has 2 aromatic carbocycles. The minimum atomic E-state index is -0.421. The SMILES string of the molecule is N#Cc1ccccc1/C=C/c1c(N2CCN(CC3CCCCC3)CC2)c(=O)c1=O. The molecule has 2 fully saturated rings. The van der Waals surface area contributed by atoms with Crippen molar-refractivity contribution in [2.75, 3.05) is 37.6 Å². The Bertz CT molecular complexity index is 996. The molecule has 0 N–H and O–H groups in total. The molecule has 150 valence electrons. The highest BCUT2D eigenvalue weighted by molar-refractivity contribution is 5.81. The fourth-order valence-electron chi connectivity index (χ4n) is 4.67. The second-order valence-corrected chi connectivity index (χ2v) is 8.24. The lowest BCUT2D eigenvalue weighted by atomic mass is 9.89. The van der Waals surface area contributed by atoms with E-state index in [1.807, 2.05) is 18.2 Å². The van der Waals surface area contributed by atoms with Crippen LogP contribution in [0.4, 0.5) is 5.69 Å². The topological polar surface area (TPSA) is 64.4 Å². The van der Waals surface area contributed by atoms with E-state index in [1.165, 1.54) is 32.1 Å². The van der Waals surface area contributed by atoms with Gasteiger partial charge in [0.2, 0.25) is 10.9 Å². The average molecular weight is 389 g/mol. The van der Waals surface area contributed by atoms with Gasteiger partial charge in [0.25, 0.3) is 0 Å². The first kappa shape index (κ1) is 19.6. The standard InChI is InChI=1S/C24H27N3O2/c25-16-20-9-5-4-8-19(20)10-11-21-22(24(29)23(21)28)27-14-12-26(13-15-27)17-18-6-2-1-3-7-18/h4-5,8-11,18H,1-3,6-7,12-15,17H2/b11-10+. The quantitative estimate of drug-likeness (QED) is 0.736. The second-order valence-electron chi connectivity index (χ2n) is 8.24. The maximum absolute atomic E-state index is 12.3. The highest BCUT2D eigenvalue weighted by Crippen LogP contribution is 2.26. The van der Waals surface area contributed by atoms with Crippen molar-refractivity contribution in [2.24, 2.45) is 5.92 Å². The highest BCUT2D eigenvalue weighted by atomic mass is 16.2. The van der Waals surface area contributed by atoms with Crippen LogP contribution in [0.3, 0.4) is 0 Å². The lowest BCUT2D eigenvalue weighted by Gasteiger charge is -2.38. The molecule has 2 aliphatic rings. The van der Waals surface area contributed by atoms with Gasteiger partial charge < -0.3 is 4.90 Å². The molecule has 1 heterocycles. The Hall–Kier alpha value is -2.71. The van der Waals surface area contributed by atoms with Gasteiger partial charge in [-0.05, 0) is 36.5 Å². The molecule has 0 spiro atoms. The summed E-state index contributed by atoms with van der Waals surface area (Å²) >= 11 is 0. The number of piperazine rings is 1. The first-order chi connectivity index (χ1) is 14.2. The molecule has 1 aliphatic heterocycles. The summed E-state index contributed by atoms with van der Waals surface area (Å²) in [6.07, 6.45) is 10.2. The van der Waals surface area contributed by atoms with Gasteiger partial charge in [-0.25, -0.2) is 0 Å². The molecule has 2 aromatic rings. The van der Waals surface area contributed by atoms with Crippen LogP contribution in [0, 0.1) is 17.2 Å². The zero-order chi connectivity index (χ0) is 20.2. The van der Waals surface area contributed by atoms with Crippen molar-refractivity contribution in [3.05, 3.63) is 61.4 Å². The molecule has 1 saturated carbocycles. The molecule has 0 unspecified atom stereocenters. The number of hydrogen-bond acceptors (Lipinski definition) is 5. The maximum atomic E-state index is 12.3. The van der Waals surface area contributed by atoms with Gasteiger partial charge in [0.1, 0.15) is 5.69 Å². The molecule has 1 aliphatic carbocycles. The van der Waals surface area contributed by atoms with Crippen molar-refractivity contribution >= 4 is 17.8 Å². The van der Waals surface area contributed by atoms with Crippen molar-refractivity contribution < 1.29 is 0 Å². The molecule has 1 saturated heterocycles. The van der Waals surface area contributed by atoms with Gasteiger partial charge >= 0.3 is 0 Å². The van der Waals surface area contributed by atoms with Gasteiger partial charge in [-0.2, -0.15) is 5.26 Å². The van der Waals surface area contributed by atoms with E-state index in [2.05, 4.69) is 15.9 Å². The molecule has 0 radical (unpaired) electrons. The van der Waals surface area contributed by atoms with Gasteiger partial charge in [-0.15, -0.1) is 0 Å². The van der Waals surface area contributed by atoms with E-state index in [0.717, 1.165) is 44.2 Å². The number of benzene rings is 1. The molecule has 0 atom stereocenters. The summed E-state index contributed by atoms with van der Waals surface area (Å²) in [5, 5.41) is 9.22. The van der Waals surface area contributed by atoms with Gasteiger partial charge in [-0.1, -0.05) is 43.5 Å². The molecule has 29 heavy (non-hydrogen) atoms. The summed E-state index contributed by atoms with van der Waals surface area (Å²) in [4.78, 5) is 29.0. The van der Waals surface area contributed by atoms with Crippen LogP contribution in [0.1, 0.15) is 48.8 Å². The van der Waals surface area contributed by atoms with Crippen LogP contribution in [-0.2, 0) is 0 Å². The second kappa shape index (κ2) is 8.75. The Kier molecular flexibility index (Phi) is 5.92. The van der Waals surface area contributed by atoms with Gasteiger partial charge in [0.15, 0.2) is 0 Å². The summed E-state index contributed by atoms with van der Waals surface area (Å²) in [5.41, 5.74) is 1.54. The highest BCUT2D eigenvalue weighted by Gasteiger charge is 2.28. The monoisotopic (exact) mass is 389 g/mol. The van der Waals surface area contributed by atoms with Crippen molar-refractivity contribution in [3.8, 4) is 6.07 Å². The number of nitriles is 1. The normalized spacial score (nSPS) is 19.1. The van der Waals surface area contributed by atoms with Crippen LogP contribution >= 0.6 is 0 Å². The molecule has 4 rings (SSSR count). The fraction of sp³-hybridized carbons (Fsp3) is 0.458. The average Bonchev–Trinajstić information content (AvgIpc) is 2.77. The van der Waals surface area contributed by atoms with Crippen LogP contribution in [0.2, 0.25) is 0 Å². The summed E-state index contributed by atoms with van der Waals surface area (Å²) in [6.45, 7) is 4.61. The lowest BCUT2D eigenvalue weighted by molar-refractivity contribution is 0.192. The predicted molar refractivity (Wildman–Crippen MR) is 117 cm³/mol. The summed E-state index contributed by atoms with van der Waals surface area (Å²) in [5.74, 6) is 0.820.